The van der Waals surface area contributed by atoms with Crippen LogP contribution >= 0.6 is 15.9 Å². The van der Waals surface area contributed by atoms with E-state index < -0.39 is 0 Å². The van der Waals surface area contributed by atoms with E-state index in [4.69, 9.17) is 4.74 Å². The number of fused-ring (bicyclic) bond motifs is 1. The van der Waals surface area contributed by atoms with Gasteiger partial charge in [-0.2, -0.15) is 0 Å². The maximum absolute atomic E-state index is 12.2. The van der Waals surface area contributed by atoms with Crippen LogP contribution in [0.2, 0.25) is 0 Å². The van der Waals surface area contributed by atoms with Crippen molar-refractivity contribution in [2.24, 2.45) is 4.99 Å². The minimum absolute atomic E-state index is 0.333. The fraction of sp³-hybridized carbons (Fsp3) is 0.250. The third-order valence-corrected chi connectivity index (χ3v) is 3.53. The number of benzene rings is 2. The molecule has 0 fully saturated rings. The first-order valence-electron chi connectivity index (χ1n) is 6.63. The van der Waals surface area contributed by atoms with Crippen LogP contribution in [0.4, 0.5) is 5.69 Å². The van der Waals surface area contributed by atoms with E-state index in [0.29, 0.717) is 17.9 Å². The summed E-state index contributed by atoms with van der Waals surface area (Å²) in [5.74, 6) is -0.366. The van der Waals surface area contributed by atoms with Crippen molar-refractivity contribution in [3.63, 3.8) is 0 Å². The van der Waals surface area contributed by atoms with E-state index in [1.54, 1.807) is 19.3 Å². The van der Waals surface area contributed by atoms with Gasteiger partial charge in [0.15, 0.2) is 0 Å². The molecule has 0 aromatic heterocycles. The summed E-state index contributed by atoms with van der Waals surface area (Å²) in [6, 6.07) is 9.59. The van der Waals surface area contributed by atoms with Crippen molar-refractivity contribution >= 4 is 44.7 Å². The molecule has 0 N–H and O–H groups in total. The SMILES string of the molecule is CCOC(=O)c1cc(Br)c2ccccc2c1N=CN(C)C. The van der Waals surface area contributed by atoms with Crippen LogP contribution in [-0.4, -0.2) is 37.9 Å². The Morgan fingerprint density at radius 3 is 2.62 bits per heavy atom. The molecule has 0 amide bonds. The molecular weight excluding hydrogens is 332 g/mol. The molecule has 0 bridgehead atoms. The summed E-state index contributed by atoms with van der Waals surface area (Å²) in [4.78, 5) is 18.5. The van der Waals surface area contributed by atoms with Gasteiger partial charge in [-0.05, 0) is 18.4 Å². The molecule has 21 heavy (non-hydrogen) atoms. The molecule has 2 rings (SSSR count). The average molecular weight is 349 g/mol. The maximum atomic E-state index is 12.2. The molecule has 0 spiro atoms. The molecule has 0 saturated carbocycles. The van der Waals surface area contributed by atoms with Crippen LogP contribution in [0.5, 0.6) is 0 Å². The summed E-state index contributed by atoms with van der Waals surface area (Å²) in [6.07, 6.45) is 1.68. The van der Waals surface area contributed by atoms with Crippen molar-refractivity contribution in [2.45, 2.75) is 6.92 Å². The second kappa shape index (κ2) is 6.72. The molecule has 110 valence electrons. The van der Waals surface area contributed by atoms with Crippen LogP contribution in [0.1, 0.15) is 17.3 Å². The third-order valence-electron chi connectivity index (χ3n) is 2.88. The fourth-order valence-corrected chi connectivity index (χ4v) is 2.57. The van der Waals surface area contributed by atoms with Crippen LogP contribution in [0.3, 0.4) is 0 Å². The Balaban J connectivity index is 2.71. The zero-order chi connectivity index (χ0) is 15.4. The van der Waals surface area contributed by atoms with Crippen molar-refractivity contribution in [2.75, 3.05) is 20.7 Å². The summed E-state index contributed by atoms with van der Waals surface area (Å²) in [7, 11) is 3.77. The van der Waals surface area contributed by atoms with Gasteiger partial charge in [-0.15, -0.1) is 0 Å². The molecule has 0 aliphatic carbocycles. The smallest absolute Gasteiger partial charge is 0.340 e. The highest BCUT2D eigenvalue weighted by Gasteiger charge is 2.17. The van der Waals surface area contributed by atoms with Crippen LogP contribution in [0.15, 0.2) is 39.8 Å². The summed E-state index contributed by atoms with van der Waals surface area (Å²) in [6.45, 7) is 2.12. The lowest BCUT2D eigenvalue weighted by atomic mass is 10.0. The predicted octanol–water partition coefficient (Wildman–Crippen LogP) is 4.00. The monoisotopic (exact) mass is 348 g/mol. The van der Waals surface area contributed by atoms with E-state index >= 15 is 0 Å². The van der Waals surface area contributed by atoms with E-state index in [1.807, 2.05) is 43.3 Å². The van der Waals surface area contributed by atoms with Gasteiger partial charge in [-0.25, -0.2) is 9.79 Å². The molecule has 0 unspecified atom stereocenters. The topological polar surface area (TPSA) is 41.9 Å². The van der Waals surface area contributed by atoms with Crippen LogP contribution in [-0.2, 0) is 4.74 Å². The molecule has 0 aliphatic heterocycles. The van der Waals surface area contributed by atoms with Gasteiger partial charge in [0.25, 0.3) is 0 Å². The molecule has 0 saturated heterocycles. The maximum Gasteiger partial charge on any atom is 0.340 e. The number of esters is 1. The van der Waals surface area contributed by atoms with Crippen LogP contribution in [0.25, 0.3) is 10.8 Å². The second-order valence-corrected chi connectivity index (χ2v) is 5.58. The molecule has 0 aliphatic rings. The largest absolute Gasteiger partial charge is 0.462 e. The Hall–Kier alpha value is -1.88. The lowest BCUT2D eigenvalue weighted by molar-refractivity contribution is 0.0527. The Morgan fingerprint density at radius 1 is 1.33 bits per heavy atom. The fourth-order valence-electron chi connectivity index (χ4n) is 1.99. The van der Waals surface area contributed by atoms with Gasteiger partial charge >= 0.3 is 5.97 Å². The first kappa shape index (κ1) is 15.5. The normalized spacial score (nSPS) is 11.0. The average Bonchev–Trinajstić information content (AvgIpc) is 2.46. The number of carbonyl (C=O) groups is 1. The summed E-state index contributed by atoms with van der Waals surface area (Å²) < 4.78 is 5.98. The van der Waals surface area contributed by atoms with Crippen molar-refractivity contribution in [3.05, 3.63) is 40.4 Å². The molecule has 0 radical (unpaired) electrons. The predicted molar refractivity (Wildman–Crippen MR) is 89.4 cm³/mol. The first-order valence-corrected chi connectivity index (χ1v) is 7.43. The summed E-state index contributed by atoms with van der Waals surface area (Å²) in [5, 5.41) is 1.92. The van der Waals surface area contributed by atoms with Gasteiger partial charge in [0.2, 0.25) is 0 Å². The molecule has 5 heteroatoms. The van der Waals surface area contributed by atoms with E-state index in [1.165, 1.54) is 0 Å². The van der Waals surface area contributed by atoms with Gasteiger partial charge < -0.3 is 9.64 Å². The second-order valence-electron chi connectivity index (χ2n) is 4.73. The minimum atomic E-state index is -0.366. The molecule has 4 nitrogen and oxygen atoms in total. The van der Waals surface area contributed by atoms with Gasteiger partial charge in [-0.1, -0.05) is 40.2 Å². The van der Waals surface area contributed by atoms with Crippen LogP contribution < -0.4 is 0 Å². The molecule has 0 atom stereocenters. The number of hydrogen-bond donors (Lipinski definition) is 0. The summed E-state index contributed by atoms with van der Waals surface area (Å²) in [5.41, 5.74) is 1.08. The Bertz CT molecular complexity index is 696. The number of aliphatic imine (C=N–C) groups is 1. The van der Waals surface area contributed by atoms with Crippen molar-refractivity contribution < 1.29 is 9.53 Å². The van der Waals surface area contributed by atoms with E-state index in [2.05, 4.69) is 20.9 Å². The zero-order valence-electron chi connectivity index (χ0n) is 12.3. The molecule has 2 aromatic rings. The summed E-state index contributed by atoms with van der Waals surface area (Å²) >= 11 is 3.51. The number of nitrogens with zero attached hydrogens (tertiary/aromatic N) is 2. The zero-order valence-corrected chi connectivity index (χ0v) is 13.8. The molecule has 0 heterocycles. The molecular formula is C16H17BrN2O2. The Labute approximate surface area is 132 Å². The lowest BCUT2D eigenvalue weighted by Crippen LogP contribution is -2.09. The number of hydrogen-bond acceptors (Lipinski definition) is 3. The van der Waals surface area contributed by atoms with E-state index in [9.17, 15) is 4.79 Å². The number of halogens is 1. The minimum Gasteiger partial charge on any atom is -0.462 e. The van der Waals surface area contributed by atoms with Gasteiger partial charge in [0.05, 0.1) is 24.2 Å². The van der Waals surface area contributed by atoms with E-state index in [0.717, 1.165) is 15.2 Å². The highest BCUT2D eigenvalue weighted by molar-refractivity contribution is 9.10. The van der Waals surface area contributed by atoms with Gasteiger partial charge in [0.1, 0.15) is 0 Å². The Morgan fingerprint density at radius 2 is 2.00 bits per heavy atom. The highest BCUT2D eigenvalue weighted by Crippen LogP contribution is 2.35. The molecule has 2 aromatic carbocycles. The highest BCUT2D eigenvalue weighted by atomic mass is 79.9. The Kier molecular flexibility index (Phi) is 4.96. The first-order chi connectivity index (χ1) is 10.0. The lowest BCUT2D eigenvalue weighted by Gasteiger charge is -2.11. The standard InChI is InChI=1S/C16H17BrN2O2/c1-4-21-16(20)13-9-14(17)11-7-5-6-8-12(11)15(13)18-10-19(2)3/h5-10H,4H2,1-3H3. The number of rotatable bonds is 4. The number of carbonyl (C=O) groups excluding carboxylic acids is 1. The third kappa shape index (κ3) is 3.42. The van der Waals surface area contributed by atoms with Gasteiger partial charge in [-0.3, -0.25) is 0 Å². The van der Waals surface area contributed by atoms with Crippen molar-refractivity contribution in [3.8, 4) is 0 Å². The van der Waals surface area contributed by atoms with Crippen molar-refractivity contribution in [1.29, 1.82) is 0 Å². The van der Waals surface area contributed by atoms with Gasteiger partial charge in [0, 0.05) is 24.0 Å². The number of ether oxygens (including phenoxy) is 1. The van der Waals surface area contributed by atoms with Crippen molar-refractivity contribution in [1.82, 2.24) is 4.90 Å². The quantitative estimate of drug-likeness (QED) is 0.476. The van der Waals surface area contributed by atoms with E-state index in [-0.39, 0.29) is 5.97 Å². The van der Waals surface area contributed by atoms with Crippen LogP contribution in [0, 0.1) is 0 Å².